The van der Waals surface area contributed by atoms with Crippen molar-refractivity contribution in [3.63, 3.8) is 0 Å². The maximum Gasteiger partial charge on any atom is 0.148 e. The molecule has 0 aromatic rings. The highest BCUT2D eigenvalue weighted by atomic mass is 32.2. The lowest BCUT2D eigenvalue weighted by Crippen LogP contribution is -2.31. The molecule has 4 nitrogen and oxygen atoms in total. The third-order valence-corrected chi connectivity index (χ3v) is 2.92. The number of rotatable bonds is 8. The van der Waals surface area contributed by atoms with E-state index in [1.54, 1.807) is 0 Å². The Morgan fingerprint density at radius 1 is 1.21 bits per heavy atom. The van der Waals surface area contributed by atoms with Gasteiger partial charge in [0.25, 0.3) is 0 Å². The molecule has 0 aliphatic carbocycles. The molecule has 2 N–H and O–H groups in total. The van der Waals surface area contributed by atoms with Gasteiger partial charge in [0.2, 0.25) is 0 Å². The van der Waals surface area contributed by atoms with Crippen molar-refractivity contribution in [1.82, 2.24) is 4.90 Å². The molecule has 0 aromatic heterocycles. The lowest BCUT2D eigenvalue weighted by molar-refractivity contribution is 0.287. The van der Waals surface area contributed by atoms with Crippen molar-refractivity contribution in [2.45, 2.75) is 19.8 Å². The first-order chi connectivity index (χ1) is 6.49. The minimum absolute atomic E-state index is 0.248. The Morgan fingerprint density at radius 2 is 1.86 bits per heavy atom. The van der Waals surface area contributed by atoms with Gasteiger partial charge in [0, 0.05) is 12.8 Å². The highest BCUT2D eigenvalue weighted by molar-refractivity contribution is 7.90. The molecule has 5 heteroatoms. The van der Waals surface area contributed by atoms with Crippen LogP contribution in [0.1, 0.15) is 19.8 Å². The minimum Gasteiger partial charge on any atom is -0.330 e. The third-order valence-electron chi connectivity index (χ3n) is 2.00. The van der Waals surface area contributed by atoms with Crippen LogP contribution in [-0.2, 0) is 9.84 Å². The van der Waals surface area contributed by atoms with Gasteiger partial charge in [-0.05, 0) is 32.5 Å². The van der Waals surface area contributed by atoms with Gasteiger partial charge in [-0.2, -0.15) is 0 Å². The summed E-state index contributed by atoms with van der Waals surface area (Å²) in [5.74, 6) is 0.248. The van der Waals surface area contributed by atoms with Crippen LogP contribution >= 0.6 is 0 Å². The van der Waals surface area contributed by atoms with Gasteiger partial charge in [0.05, 0.1) is 5.75 Å². The number of nitrogens with zero attached hydrogens (tertiary/aromatic N) is 1. The third kappa shape index (κ3) is 8.47. The van der Waals surface area contributed by atoms with E-state index in [2.05, 4.69) is 11.8 Å². The molecule has 0 aliphatic heterocycles. The number of nitrogens with two attached hydrogens (primary N) is 1. The number of hydrogen-bond acceptors (Lipinski definition) is 4. The van der Waals surface area contributed by atoms with Crippen molar-refractivity contribution in [2.75, 3.05) is 38.2 Å². The van der Waals surface area contributed by atoms with Crippen molar-refractivity contribution < 1.29 is 8.42 Å². The molecule has 0 aromatic carbocycles. The molecule has 0 heterocycles. The summed E-state index contributed by atoms with van der Waals surface area (Å²) in [5, 5.41) is 0. The van der Waals surface area contributed by atoms with E-state index in [9.17, 15) is 8.42 Å². The SMILES string of the molecule is CCCN(CCCN)CCS(C)(=O)=O. The zero-order valence-corrected chi connectivity index (χ0v) is 10.0. The summed E-state index contributed by atoms with van der Waals surface area (Å²) in [6, 6.07) is 0. The normalized spacial score (nSPS) is 12.3. The fourth-order valence-corrected chi connectivity index (χ4v) is 1.85. The molecule has 0 radical (unpaired) electrons. The molecule has 0 saturated heterocycles. The zero-order valence-electron chi connectivity index (χ0n) is 9.20. The standard InChI is InChI=1S/C9H22N2O2S/c1-3-6-11(7-4-5-10)8-9-14(2,12)13/h3-10H2,1-2H3. The Hall–Kier alpha value is -0.130. The number of hydrogen-bond donors (Lipinski definition) is 1. The Bertz CT molecular complexity index is 227. The first kappa shape index (κ1) is 13.9. The summed E-state index contributed by atoms with van der Waals surface area (Å²) in [6.45, 7) is 5.25. The molecular weight excluding hydrogens is 200 g/mol. The van der Waals surface area contributed by atoms with Gasteiger partial charge in [-0.15, -0.1) is 0 Å². The Labute approximate surface area is 87.4 Å². The average molecular weight is 222 g/mol. The summed E-state index contributed by atoms with van der Waals surface area (Å²) in [6.07, 6.45) is 3.26. The predicted molar refractivity (Wildman–Crippen MR) is 60.1 cm³/mol. The van der Waals surface area contributed by atoms with Gasteiger partial charge in [0.15, 0.2) is 0 Å². The average Bonchev–Trinajstić information content (AvgIpc) is 2.08. The predicted octanol–water partition coefficient (Wildman–Crippen LogP) is 0.0918. The molecule has 0 rings (SSSR count). The van der Waals surface area contributed by atoms with Crippen LogP contribution in [0.15, 0.2) is 0 Å². The highest BCUT2D eigenvalue weighted by Crippen LogP contribution is 1.95. The first-order valence-corrected chi connectivity index (χ1v) is 7.15. The van der Waals surface area contributed by atoms with E-state index in [0.717, 1.165) is 25.9 Å². The summed E-state index contributed by atoms with van der Waals surface area (Å²) in [7, 11) is -2.84. The van der Waals surface area contributed by atoms with Crippen molar-refractivity contribution in [2.24, 2.45) is 5.73 Å². The molecular formula is C9H22N2O2S. The number of sulfone groups is 1. The molecule has 0 amide bonds. The summed E-state index contributed by atoms with van der Waals surface area (Å²) in [5.41, 5.74) is 5.41. The second-order valence-electron chi connectivity index (χ2n) is 3.61. The van der Waals surface area contributed by atoms with E-state index in [1.807, 2.05) is 0 Å². The largest absolute Gasteiger partial charge is 0.330 e. The van der Waals surface area contributed by atoms with E-state index in [4.69, 9.17) is 5.73 Å². The monoisotopic (exact) mass is 222 g/mol. The van der Waals surface area contributed by atoms with Gasteiger partial charge in [-0.1, -0.05) is 6.92 Å². The lowest BCUT2D eigenvalue weighted by Gasteiger charge is -2.20. The van der Waals surface area contributed by atoms with Crippen LogP contribution in [0.3, 0.4) is 0 Å². The molecule has 0 saturated carbocycles. The zero-order chi connectivity index (χ0) is 11.0. The fourth-order valence-electron chi connectivity index (χ4n) is 1.26. The molecule has 14 heavy (non-hydrogen) atoms. The fraction of sp³-hybridized carbons (Fsp3) is 1.00. The highest BCUT2D eigenvalue weighted by Gasteiger charge is 2.07. The van der Waals surface area contributed by atoms with Crippen LogP contribution in [0, 0.1) is 0 Å². The van der Waals surface area contributed by atoms with Crippen LogP contribution in [0.2, 0.25) is 0 Å². The molecule has 0 atom stereocenters. The van der Waals surface area contributed by atoms with E-state index >= 15 is 0 Å². The lowest BCUT2D eigenvalue weighted by atomic mass is 10.3. The second kappa shape index (κ2) is 7.20. The Kier molecular flexibility index (Phi) is 7.13. The molecule has 0 unspecified atom stereocenters. The van der Waals surface area contributed by atoms with E-state index < -0.39 is 9.84 Å². The summed E-state index contributed by atoms with van der Waals surface area (Å²) < 4.78 is 21.9. The maximum atomic E-state index is 11.0. The van der Waals surface area contributed by atoms with Crippen LogP contribution in [0.25, 0.3) is 0 Å². The minimum atomic E-state index is -2.84. The summed E-state index contributed by atoms with van der Waals surface area (Å²) in [4.78, 5) is 2.16. The maximum absolute atomic E-state index is 11.0. The Balaban J connectivity index is 3.84. The van der Waals surface area contributed by atoms with Crippen LogP contribution in [0.4, 0.5) is 0 Å². The topological polar surface area (TPSA) is 63.4 Å². The molecule has 0 spiro atoms. The van der Waals surface area contributed by atoms with Crippen molar-refractivity contribution in [3.05, 3.63) is 0 Å². The van der Waals surface area contributed by atoms with E-state index in [0.29, 0.717) is 13.1 Å². The molecule has 86 valence electrons. The van der Waals surface area contributed by atoms with Crippen LogP contribution < -0.4 is 5.73 Å². The van der Waals surface area contributed by atoms with Gasteiger partial charge in [-0.3, -0.25) is 0 Å². The smallest absolute Gasteiger partial charge is 0.148 e. The van der Waals surface area contributed by atoms with E-state index in [1.165, 1.54) is 6.26 Å². The van der Waals surface area contributed by atoms with Gasteiger partial charge in [-0.25, -0.2) is 8.42 Å². The molecule has 0 fully saturated rings. The summed E-state index contributed by atoms with van der Waals surface area (Å²) >= 11 is 0. The van der Waals surface area contributed by atoms with Gasteiger partial charge < -0.3 is 10.6 Å². The molecule has 0 bridgehead atoms. The van der Waals surface area contributed by atoms with Gasteiger partial charge in [0.1, 0.15) is 9.84 Å². The van der Waals surface area contributed by atoms with Gasteiger partial charge >= 0.3 is 0 Å². The van der Waals surface area contributed by atoms with Crippen molar-refractivity contribution in [3.8, 4) is 0 Å². The first-order valence-electron chi connectivity index (χ1n) is 5.09. The van der Waals surface area contributed by atoms with Crippen molar-refractivity contribution in [1.29, 1.82) is 0 Å². The second-order valence-corrected chi connectivity index (χ2v) is 5.87. The quantitative estimate of drug-likeness (QED) is 0.632. The van der Waals surface area contributed by atoms with Crippen LogP contribution in [-0.4, -0.2) is 51.5 Å². The Morgan fingerprint density at radius 3 is 2.29 bits per heavy atom. The molecule has 0 aliphatic rings. The van der Waals surface area contributed by atoms with Crippen molar-refractivity contribution >= 4 is 9.84 Å². The van der Waals surface area contributed by atoms with E-state index in [-0.39, 0.29) is 5.75 Å². The van der Waals surface area contributed by atoms with Crippen LogP contribution in [0.5, 0.6) is 0 Å².